The molecule has 1 saturated carbocycles. The number of alkyl halides is 1. The molecule has 2 aromatic carbocycles. The number of ether oxygens (including phenoxy) is 1. The maximum Gasteiger partial charge on any atom is 0.252 e. The lowest BCUT2D eigenvalue weighted by atomic mass is 9.79. The van der Waals surface area contributed by atoms with Crippen LogP contribution in [0.4, 0.5) is 4.39 Å². The van der Waals surface area contributed by atoms with Crippen molar-refractivity contribution in [1.29, 1.82) is 0 Å². The fraction of sp³-hybridized carbons (Fsp3) is 0.407. The summed E-state index contributed by atoms with van der Waals surface area (Å²) in [6.45, 7) is 4.93. The van der Waals surface area contributed by atoms with Crippen molar-refractivity contribution in [2.24, 2.45) is 5.92 Å². The number of hydrogen-bond acceptors (Lipinski definition) is 4. The second-order valence-electron chi connectivity index (χ2n) is 9.18. The summed E-state index contributed by atoms with van der Waals surface area (Å²) in [5.74, 6) is 1.29. The van der Waals surface area contributed by atoms with Crippen LogP contribution < -0.4 is 10.1 Å². The molecule has 0 unspecified atom stereocenters. The largest absolute Gasteiger partial charge is 0.494 e. The van der Waals surface area contributed by atoms with Gasteiger partial charge >= 0.3 is 0 Å². The second kappa shape index (κ2) is 9.48. The number of likely N-dealkylation sites (tertiary alicyclic amines) is 1. The van der Waals surface area contributed by atoms with E-state index in [0.717, 1.165) is 53.8 Å². The zero-order valence-electron chi connectivity index (χ0n) is 19.0. The zero-order valence-corrected chi connectivity index (χ0v) is 19.0. The maximum absolute atomic E-state index is 13.4. The molecule has 1 N–H and O–H groups in total. The van der Waals surface area contributed by atoms with Gasteiger partial charge in [-0.05, 0) is 68.5 Å². The third-order valence-electron chi connectivity index (χ3n) is 6.72. The monoisotopic (exact) mass is 447 g/mol. The van der Waals surface area contributed by atoms with Gasteiger partial charge in [0.2, 0.25) is 0 Å². The molecule has 5 nitrogen and oxygen atoms in total. The molecule has 0 spiro atoms. The molecule has 0 bridgehead atoms. The van der Waals surface area contributed by atoms with Gasteiger partial charge in [0, 0.05) is 36.6 Å². The number of nitrogens with zero attached hydrogens (tertiary/aromatic N) is 2. The number of benzene rings is 2. The van der Waals surface area contributed by atoms with E-state index in [0.29, 0.717) is 31.1 Å². The van der Waals surface area contributed by atoms with E-state index in [2.05, 4.69) is 10.2 Å². The van der Waals surface area contributed by atoms with Gasteiger partial charge in [0.15, 0.2) is 0 Å². The van der Waals surface area contributed by atoms with Gasteiger partial charge in [-0.25, -0.2) is 9.37 Å². The summed E-state index contributed by atoms with van der Waals surface area (Å²) in [5, 5.41) is 4.07. The normalized spacial score (nSPS) is 22.8. The standard InChI is InChI=1S/C27H30FN3O2/c1-2-33-22-9-7-19(8-10-22)26-15-24(23-5-3-4-6-25(23)30-26)27(32)29-21-13-18(14-21)16-31-12-11-20(28)17-31/h3-10,15,18,20-21H,2,11-14,16-17H2,1H3,(H,29,32)/t18?,20-,21?/m1/s1. The lowest BCUT2D eigenvalue weighted by Gasteiger charge is -2.38. The number of para-hydroxylation sites is 1. The van der Waals surface area contributed by atoms with Crippen molar-refractivity contribution >= 4 is 16.8 Å². The van der Waals surface area contributed by atoms with Gasteiger partial charge in [-0.2, -0.15) is 0 Å². The molecule has 1 atom stereocenters. The van der Waals surface area contributed by atoms with Gasteiger partial charge in [0.1, 0.15) is 11.9 Å². The highest BCUT2D eigenvalue weighted by Crippen LogP contribution is 2.31. The summed E-state index contributed by atoms with van der Waals surface area (Å²) in [7, 11) is 0. The van der Waals surface area contributed by atoms with Crippen LogP contribution in [0.3, 0.4) is 0 Å². The first kappa shape index (κ1) is 21.8. The number of halogens is 1. The maximum atomic E-state index is 13.4. The van der Waals surface area contributed by atoms with Gasteiger partial charge in [-0.1, -0.05) is 18.2 Å². The van der Waals surface area contributed by atoms with Crippen molar-refractivity contribution < 1.29 is 13.9 Å². The smallest absolute Gasteiger partial charge is 0.252 e. The molecule has 0 radical (unpaired) electrons. The zero-order chi connectivity index (χ0) is 22.8. The first-order valence-electron chi connectivity index (χ1n) is 11.9. The van der Waals surface area contributed by atoms with E-state index in [1.54, 1.807) is 0 Å². The summed E-state index contributed by atoms with van der Waals surface area (Å²) in [4.78, 5) is 20.3. The van der Waals surface area contributed by atoms with E-state index < -0.39 is 6.17 Å². The van der Waals surface area contributed by atoms with Gasteiger partial charge < -0.3 is 15.0 Å². The number of carbonyl (C=O) groups is 1. The van der Waals surface area contributed by atoms with E-state index in [1.807, 2.05) is 61.5 Å². The highest BCUT2D eigenvalue weighted by atomic mass is 19.1. The fourth-order valence-corrected chi connectivity index (χ4v) is 4.98. The minimum atomic E-state index is -0.676. The molecule has 1 aliphatic carbocycles. The molecular weight excluding hydrogens is 417 g/mol. The molecule has 2 aliphatic rings. The number of pyridine rings is 1. The topological polar surface area (TPSA) is 54.5 Å². The molecule has 1 saturated heterocycles. The number of hydrogen-bond donors (Lipinski definition) is 1. The van der Waals surface area contributed by atoms with Crippen LogP contribution in [0.1, 0.15) is 36.5 Å². The van der Waals surface area contributed by atoms with Gasteiger partial charge in [-0.3, -0.25) is 4.79 Å². The summed E-state index contributed by atoms with van der Waals surface area (Å²) < 4.78 is 19.0. The van der Waals surface area contributed by atoms with E-state index >= 15 is 0 Å². The van der Waals surface area contributed by atoms with Crippen LogP contribution in [0, 0.1) is 5.92 Å². The number of aromatic nitrogens is 1. The predicted octanol–water partition coefficient (Wildman–Crippen LogP) is 4.85. The van der Waals surface area contributed by atoms with Crippen molar-refractivity contribution in [3.05, 3.63) is 60.2 Å². The van der Waals surface area contributed by atoms with Crippen LogP contribution in [0.25, 0.3) is 22.2 Å². The molecule has 2 heterocycles. The lowest BCUT2D eigenvalue weighted by Crippen LogP contribution is -2.47. The van der Waals surface area contributed by atoms with Crippen LogP contribution in [-0.4, -0.2) is 54.2 Å². The van der Waals surface area contributed by atoms with Gasteiger partial charge in [0.05, 0.1) is 23.4 Å². The van der Waals surface area contributed by atoms with Crippen molar-refractivity contribution in [1.82, 2.24) is 15.2 Å². The van der Waals surface area contributed by atoms with Crippen LogP contribution >= 0.6 is 0 Å². The first-order valence-corrected chi connectivity index (χ1v) is 11.9. The Bertz CT molecular complexity index is 1130. The lowest BCUT2D eigenvalue weighted by molar-refractivity contribution is 0.0867. The molecule has 6 heteroatoms. The molecule has 172 valence electrons. The average Bonchev–Trinajstić information content (AvgIpc) is 3.22. The summed E-state index contributed by atoms with van der Waals surface area (Å²) in [6, 6.07) is 17.6. The Morgan fingerprint density at radius 1 is 1.18 bits per heavy atom. The van der Waals surface area contributed by atoms with E-state index in [-0.39, 0.29) is 11.9 Å². The van der Waals surface area contributed by atoms with Crippen LogP contribution in [-0.2, 0) is 0 Å². The number of nitrogens with one attached hydrogen (secondary N) is 1. The van der Waals surface area contributed by atoms with Gasteiger partial charge in [-0.15, -0.1) is 0 Å². The summed E-state index contributed by atoms with van der Waals surface area (Å²) >= 11 is 0. The number of rotatable bonds is 7. The van der Waals surface area contributed by atoms with Crippen molar-refractivity contribution in [3.8, 4) is 17.0 Å². The van der Waals surface area contributed by atoms with Crippen molar-refractivity contribution in [3.63, 3.8) is 0 Å². The number of carbonyl (C=O) groups excluding carboxylic acids is 1. The molecule has 3 aromatic rings. The highest BCUT2D eigenvalue weighted by Gasteiger charge is 2.34. The Kier molecular flexibility index (Phi) is 6.27. The van der Waals surface area contributed by atoms with Crippen molar-refractivity contribution in [2.45, 2.75) is 38.4 Å². The SMILES string of the molecule is CCOc1ccc(-c2cc(C(=O)NC3CC(CN4CC[C@@H](F)C4)C3)c3ccccc3n2)cc1. The van der Waals surface area contributed by atoms with Gasteiger partial charge in [0.25, 0.3) is 5.91 Å². The second-order valence-corrected chi connectivity index (χ2v) is 9.18. The molecular formula is C27H30FN3O2. The molecule has 2 fully saturated rings. The van der Waals surface area contributed by atoms with Crippen LogP contribution in [0.2, 0.25) is 0 Å². The Labute approximate surface area is 194 Å². The third-order valence-corrected chi connectivity index (χ3v) is 6.72. The van der Waals surface area contributed by atoms with E-state index in [1.165, 1.54) is 0 Å². The van der Waals surface area contributed by atoms with Crippen molar-refractivity contribution in [2.75, 3.05) is 26.2 Å². The van der Waals surface area contributed by atoms with Crippen LogP contribution in [0.5, 0.6) is 5.75 Å². The molecule has 1 aromatic heterocycles. The number of amides is 1. The Hall–Kier alpha value is -2.99. The van der Waals surface area contributed by atoms with E-state index in [9.17, 15) is 9.18 Å². The summed E-state index contributed by atoms with van der Waals surface area (Å²) in [5.41, 5.74) is 3.16. The summed E-state index contributed by atoms with van der Waals surface area (Å²) in [6.07, 6.45) is 1.88. The van der Waals surface area contributed by atoms with E-state index in [4.69, 9.17) is 9.72 Å². The molecule has 1 aliphatic heterocycles. The number of fused-ring (bicyclic) bond motifs is 1. The Morgan fingerprint density at radius 2 is 1.97 bits per heavy atom. The third kappa shape index (κ3) is 4.86. The quantitative estimate of drug-likeness (QED) is 0.562. The molecule has 5 rings (SSSR count). The fourth-order valence-electron chi connectivity index (χ4n) is 4.98. The Balaban J connectivity index is 1.30. The average molecular weight is 448 g/mol. The molecule has 33 heavy (non-hydrogen) atoms. The highest BCUT2D eigenvalue weighted by molar-refractivity contribution is 6.07. The Morgan fingerprint density at radius 3 is 2.70 bits per heavy atom. The minimum Gasteiger partial charge on any atom is -0.494 e. The first-order chi connectivity index (χ1) is 16.1. The predicted molar refractivity (Wildman–Crippen MR) is 128 cm³/mol. The van der Waals surface area contributed by atoms with Crippen LogP contribution in [0.15, 0.2) is 54.6 Å². The minimum absolute atomic E-state index is 0.0609. The molecule has 1 amide bonds.